The largest absolute Gasteiger partial charge is 0.313 e. The molecule has 1 saturated heterocycles. The van der Waals surface area contributed by atoms with E-state index in [1.54, 1.807) is 6.20 Å². The highest BCUT2D eigenvalue weighted by atomic mass is 79.9. The number of aromatic nitrogens is 1. The molecule has 1 aliphatic heterocycles. The summed E-state index contributed by atoms with van der Waals surface area (Å²) >= 11 is 3.30. The lowest BCUT2D eigenvalue weighted by Crippen LogP contribution is -2.29. The molecule has 1 N–H and O–H groups in total. The molecule has 1 atom stereocenters. The molecule has 76 valence electrons. The van der Waals surface area contributed by atoms with Gasteiger partial charge < -0.3 is 5.32 Å². The highest BCUT2D eigenvalue weighted by Crippen LogP contribution is 2.24. The molecule has 4 heteroatoms. The van der Waals surface area contributed by atoms with Gasteiger partial charge in [0.15, 0.2) is 0 Å². The van der Waals surface area contributed by atoms with Gasteiger partial charge in [0, 0.05) is 29.3 Å². The molecule has 1 fully saturated rings. The van der Waals surface area contributed by atoms with Gasteiger partial charge in [-0.25, -0.2) is 4.39 Å². The summed E-state index contributed by atoms with van der Waals surface area (Å²) in [4.78, 5) is 4.17. The van der Waals surface area contributed by atoms with Gasteiger partial charge in [0.25, 0.3) is 0 Å². The van der Waals surface area contributed by atoms with Crippen LogP contribution in [-0.4, -0.2) is 23.7 Å². The average Bonchev–Trinajstić information content (AvgIpc) is 2.57. The Morgan fingerprint density at radius 3 is 3.00 bits per heavy atom. The number of nitrogens with one attached hydrogen (secondary N) is 1. The van der Waals surface area contributed by atoms with Crippen LogP contribution >= 0.6 is 15.9 Å². The first-order valence-corrected chi connectivity index (χ1v) is 5.47. The van der Waals surface area contributed by atoms with Gasteiger partial charge >= 0.3 is 0 Å². The minimum Gasteiger partial charge on any atom is -0.313 e. The third kappa shape index (κ3) is 2.30. The van der Waals surface area contributed by atoms with Crippen LogP contribution in [0.2, 0.25) is 0 Å². The molecule has 2 nitrogen and oxygen atoms in total. The smallest absolute Gasteiger partial charge is 0.130 e. The zero-order chi connectivity index (χ0) is 10.0. The molecular weight excluding hydrogens is 247 g/mol. The van der Waals surface area contributed by atoms with E-state index in [9.17, 15) is 4.39 Å². The van der Waals surface area contributed by atoms with Gasteiger partial charge in [-0.05, 0) is 41.0 Å². The van der Waals surface area contributed by atoms with Crippen LogP contribution in [0.5, 0.6) is 0 Å². The molecule has 2 heterocycles. The molecule has 0 radical (unpaired) electrons. The van der Waals surface area contributed by atoms with Crippen LogP contribution in [0, 0.1) is 0 Å². The standard InChI is InChI=1S/C10H12BrFN2/c11-8-1-2-9(14-6-8)5-10(12)3-4-13-7-10/h1-2,6,13H,3-5,7H2. The van der Waals surface area contributed by atoms with Crippen molar-refractivity contribution in [2.45, 2.75) is 18.5 Å². The number of hydrogen-bond acceptors (Lipinski definition) is 2. The molecule has 0 aliphatic carbocycles. The van der Waals surface area contributed by atoms with Gasteiger partial charge in [-0.1, -0.05) is 0 Å². The topological polar surface area (TPSA) is 24.9 Å². The molecule has 1 aromatic rings. The van der Waals surface area contributed by atoms with Crippen LogP contribution in [-0.2, 0) is 6.42 Å². The maximum absolute atomic E-state index is 14.0. The van der Waals surface area contributed by atoms with Gasteiger partial charge in [0.05, 0.1) is 0 Å². The maximum Gasteiger partial charge on any atom is 0.130 e. The number of rotatable bonds is 2. The van der Waals surface area contributed by atoms with Crippen LogP contribution in [0.15, 0.2) is 22.8 Å². The zero-order valence-electron chi connectivity index (χ0n) is 7.76. The molecule has 1 unspecified atom stereocenters. The second-order valence-electron chi connectivity index (χ2n) is 3.72. The van der Waals surface area contributed by atoms with Crippen molar-refractivity contribution < 1.29 is 4.39 Å². The van der Waals surface area contributed by atoms with Crippen molar-refractivity contribution in [1.82, 2.24) is 10.3 Å². The predicted octanol–water partition coefficient (Wildman–Crippen LogP) is 2.09. The summed E-state index contributed by atoms with van der Waals surface area (Å²) in [6.45, 7) is 1.22. The minimum atomic E-state index is -1.10. The summed E-state index contributed by atoms with van der Waals surface area (Å²) in [5.41, 5.74) is -0.278. The molecule has 1 aromatic heterocycles. The van der Waals surface area contributed by atoms with Gasteiger partial charge in [-0.2, -0.15) is 0 Å². The van der Waals surface area contributed by atoms with Gasteiger partial charge in [-0.15, -0.1) is 0 Å². The fraction of sp³-hybridized carbons (Fsp3) is 0.500. The van der Waals surface area contributed by atoms with E-state index in [1.807, 2.05) is 12.1 Å². The third-order valence-corrected chi connectivity index (χ3v) is 2.95. The van der Waals surface area contributed by atoms with Crippen molar-refractivity contribution in [2.75, 3.05) is 13.1 Å². The van der Waals surface area contributed by atoms with E-state index in [0.717, 1.165) is 16.7 Å². The fourth-order valence-corrected chi connectivity index (χ4v) is 1.93. The van der Waals surface area contributed by atoms with Gasteiger partial charge in [0.1, 0.15) is 5.67 Å². The summed E-state index contributed by atoms with van der Waals surface area (Å²) in [7, 11) is 0. The molecule has 0 spiro atoms. The van der Waals surface area contributed by atoms with E-state index in [4.69, 9.17) is 0 Å². The Morgan fingerprint density at radius 2 is 2.43 bits per heavy atom. The summed E-state index contributed by atoms with van der Waals surface area (Å²) in [6.07, 6.45) is 2.71. The lowest BCUT2D eigenvalue weighted by Gasteiger charge is -2.17. The quantitative estimate of drug-likeness (QED) is 0.879. The molecule has 2 rings (SSSR count). The fourth-order valence-electron chi connectivity index (χ4n) is 1.70. The number of pyridine rings is 1. The Hall–Kier alpha value is -0.480. The molecule has 0 saturated carbocycles. The van der Waals surface area contributed by atoms with Crippen molar-refractivity contribution in [2.24, 2.45) is 0 Å². The molecule has 0 bridgehead atoms. The van der Waals surface area contributed by atoms with Gasteiger partial charge in [0.2, 0.25) is 0 Å². The van der Waals surface area contributed by atoms with Crippen LogP contribution in [0.4, 0.5) is 4.39 Å². The van der Waals surface area contributed by atoms with Crippen molar-refractivity contribution in [1.29, 1.82) is 0 Å². The Bertz CT molecular complexity index is 306. The number of halogens is 2. The van der Waals surface area contributed by atoms with Gasteiger partial charge in [-0.3, -0.25) is 4.98 Å². The van der Waals surface area contributed by atoms with E-state index in [1.165, 1.54) is 0 Å². The Kier molecular flexibility index (Phi) is 2.83. The van der Waals surface area contributed by atoms with Crippen LogP contribution in [0.3, 0.4) is 0 Å². The Morgan fingerprint density at radius 1 is 1.57 bits per heavy atom. The summed E-state index contributed by atoms with van der Waals surface area (Å²) in [5, 5.41) is 3.03. The number of nitrogens with zero attached hydrogens (tertiary/aromatic N) is 1. The minimum absolute atomic E-state index is 0.410. The second-order valence-corrected chi connectivity index (χ2v) is 4.64. The third-order valence-electron chi connectivity index (χ3n) is 2.48. The van der Waals surface area contributed by atoms with Crippen molar-refractivity contribution >= 4 is 15.9 Å². The van der Waals surface area contributed by atoms with Crippen molar-refractivity contribution in [3.63, 3.8) is 0 Å². The van der Waals surface area contributed by atoms with E-state index in [2.05, 4.69) is 26.2 Å². The molecule has 0 aromatic carbocycles. The van der Waals surface area contributed by atoms with Crippen LogP contribution in [0.1, 0.15) is 12.1 Å². The lowest BCUT2D eigenvalue weighted by molar-refractivity contribution is 0.189. The lowest BCUT2D eigenvalue weighted by atomic mass is 9.99. The van der Waals surface area contributed by atoms with E-state index in [0.29, 0.717) is 19.4 Å². The average molecular weight is 259 g/mol. The van der Waals surface area contributed by atoms with Crippen LogP contribution in [0.25, 0.3) is 0 Å². The summed E-state index contributed by atoms with van der Waals surface area (Å²) in [5.74, 6) is 0. The van der Waals surface area contributed by atoms with Crippen molar-refractivity contribution in [3.05, 3.63) is 28.5 Å². The second kappa shape index (κ2) is 3.95. The number of hydrogen-bond donors (Lipinski definition) is 1. The Labute approximate surface area is 91.1 Å². The summed E-state index contributed by atoms with van der Waals surface area (Å²) < 4.78 is 14.9. The molecule has 0 amide bonds. The van der Waals surface area contributed by atoms with E-state index >= 15 is 0 Å². The monoisotopic (exact) mass is 258 g/mol. The maximum atomic E-state index is 14.0. The predicted molar refractivity (Wildman–Crippen MR) is 57.0 cm³/mol. The first-order chi connectivity index (χ1) is 6.68. The normalized spacial score (nSPS) is 26.7. The van der Waals surface area contributed by atoms with Crippen molar-refractivity contribution in [3.8, 4) is 0 Å². The number of alkyl halides is 1. The Balaban J connectivity index is 2.06. The van der Waals surface area contributed by atoms with E-state index < -0.39 is 5.67 Å². The van der Waals surface area contributed by atoms with E-state index in [-0.39, 0.29) is 0 Å². The highest BCUT2D eigenvalue weighted by Gasteiger charge is 2.33. The molecule has 14 heavy (non-hydrogen) atoms. The van der Waals surface area contributed by atoms with Crippen LogP contribution < -0.4 is 5.32 Å². The SMILES string of the molecule is FC1(Cc2ccc(Br)cn2)CCNC1. The molecular formula is C10H12BrFN2. The first-order valence-electron chi connectivity index (χ1n) is 4.68. The highest BCUT2D eigenvalue weighted by molar-refractivity contribution is 9.10. The summed E-state index contributed by atoms with van der Waals surface area (Å²) in [6, 6.07) is 3.76. The molecule has 1 aliphatic rings. The first kappa shape index (κ1) is 10.1. The zero-order valence-corrected chi connectivity index (χ0v) is 9.35.